The van der Waals surface area contributed by atoms with Crippen LogP contribution in [0.15, 0.2) is 30.3 Å². The van der Waals surface area contributed by atoms with Crippen molar-refractivity contribution in [3.8, 4) is 11.5 Å². The summed E-state index contributed by atoms with van der Waals surface area (Å²) in [7, 11) is 0. The summed E-state index contributed by atoms with van der Waals surface area (Å²) in [6, 6.07) is 5.53. The third-order valence-electron chi connectivity index (χ3n) is 5.73. The zero-order chi connectivity index (χ0) is 23.7. The van der Waals surface area contributed by atoms with Crippen molar-refractivity contribution in [2.45, 2.75) is 25.7 Å². The molecule has 0 radical (unpaired) electrons. The largest absolute Gasteiger partial charge is 0.383 e. The first-order chi connectivity index (χ1) is 15.6. The van der Waals surface area contributed by atoms with Crippen LogP contribution in [-0.4, -0.2) is 25.3 Å². The molecule has 1 amide bonds. The first-order valence-corrected chi connectivity index (χ1v) is 9.87. The summed E-state index contributed by atoms with van der Waals surface area (Å²) in [4.78, 5) is 25.2. The van der Waals surface area contributed by atoms with Gasteiger partial charge in [-0.3, -0.25) is 9.20 Å². The summed E-state index contributed by atoms with van der Waals surface area (Å²) in [6.07, 6.45) is -0.540. The molecule has 1 aliphatic rings. The molecule has 5 rings (SSSR count). The quantitative estimate of drug-likeness (QED) is 0.278. The maximum absolute atomic E-state index is 14.7. The number of rotatable bonds is 3. The van der Waals surface area contributed by atoms with Crippen LogP contribution in [0.1, 0.15) is 30.8 Å². The van der Waals surface area contributed by atoms with Crippen LogP contribution in [-0.2, 0) is 16.6 Å². The number of benzene rings is 1. The third-order valence-corrected chi connectivity index (χ3v) is 5.73. The molecular formula is C22H16F4N6O. The van der Waals surface area contributed by atoms with Crippen LogP contribution in [0.3, 0.4) is 0 Å². The fraction of sp³-hybridized carbons (Fsp3) is 0.182. The van der Waals surface area contributed by atoms with E-state index in [9.17, 15) is 22.4 Å². The van der Waals surface area contributed by atoms with Crippen molar-refractivity contribution >= 4 is 23.1 Å². The Balaban J connectivity index is 1.71. The Morgan fingerprint density at radius 3 is 2.52 bits per heavy atom. The van der Waals surface area contributed by atoms with E-state index in [0.29, 0.717) is 11.6 Å². The van der Waals surface area contributed by atoms with Crippen molar-refractivity contribution in [3.63, 3.8) is 0 Å². The first kappa shape index (κ1) is 20.9. The highest BCUT2D eigenvalue weighted by Crippen LogP contribution is 2.40. The number of hydrogen-bond donors (Lipinski definition) is 2. The van der Waals surface area contributed by atoms with E-state index >= 15 is 0 Å². The van der Waals surface area contributed by atoms with Gasteiger partial charge in [0.1, 0.15) is 29.0 Å². The number of nitrogens with two attached hydrogens (primary N) is 1. The summed E-state index contributed by atoms with van der Waals surface area (Å²) in [5.74, 6) is -4.56. The number of carbonyl (C=O) groups excluding carboxylic acids is 1. The van der Waals surface area contributed by atoms with Crippen molar-refractivity contribution in [1.29, 1.82) is 0 Å². The highest BCUT2D eigenvalue weighted by atomic mass is 19.2. The van der Waals surface area contributed by atoms with E-state index in [4.69, 9.17) is 5.73 Å². The van der Waals surface area contributed by atoms with Gasteiger partial charge in [0.2, 0.25) is 5.91 Å². The van der Waals surface area contributed by atoms with Gasteiger partial charge in [0.15, 0.2) is 23.4 Å². The molecule has 0 aliphatic carbocycles. The Kier molecular flexibility index (Phi) is 4.42. The molecule has 0 spiro atoms. The predicted octanol–water partition coefficient (Wildman–Crippen LogP) is 3.75. The highest BCUT2D eigenvalue weighted by Gasteiger charge is 2.42. The van der Waals surface area contributed by atoms with Crippen molar-refractivity contribution in [1.82, 2.24) is 19.4 Å². The lowest BCUT2D eigenvalue weighted by atomic mass is 9.87. The van der Waals surface area contributed by atoms with Gasteiger partial charge in [-0.2, -0.15) is 4.39 Å². The number of aromatic nitrogens is 4. The molecule has 168 valence electrons. The van der Waals surface area contributed by atoms with Crippen LogP contribution in [0.2, 0.25) is 0 Å². The van der Waals surface area contributed by atoms with Gasteiger partial charge in [0.25, 0.3) is 0 Å². The average Bonchev–Trinajstić information content (AvgIpc) is 3.23. The minimum absolute atomic E-state index is 0.0150. The number of anilines is 2. The van der Waals surface area contributed by atoms with E-state index in [2.05, 4.69) is 20.3 Å². The van der Waals surface area contributed by atoms with Crippen molar-refractivity contribution in [2.75, 3.05) is 11.1 Å². The summed E-state index contributed by atoms with van der Waals surface area (Å²) in [5, 5.41) is 2.65. The Morgan fingerprint density at radius 1 is 1.03 bits per heavy atom. The third kappa shape index (κ3) is 3.03. The second-order valence-corrected chi connectivity index (χ2v) is 8.18. The molecule has 33 heavy (non-hydrogen) atoms. The molecule has 3 aromatic heterocycles. The second-order valence-electron chi connectivity index (χ2n) is 8.18. The van der Waals surface area contributed by atoms with Crippen molar-refractivity contribution in [3.05, 3.63) is 70.7 Å². The van der Waals surface area contributed by atoms with Crippen molar-refractivity contribution in [2.24, 2.45) is 0 Å². The fourth-order valence-corrected chi connectivity index (χ4v) is 4.01. The number of amides is 1. The van der Waals surface area contributed by atoms with Crippen LogP contribution in [0.25, 0.3) is 17.0 Å². The number of halogens is 4. The lowest BCUT2D eigenvalue weighted by Gasteiger charge is -2.16. The first-order valence-electron chi connectivity index (χ1n) is 9.87. The van der Waals surface area contributed by atoms with Crippen LogP contribution in [0.5, 0.6) is 0 Å². The Hall–Kier alpha value is -4.02. The van der Waals surface area contributed by atoms with Gasteiger partial charge in [0.05, 0.1) is 16.5 Å². The lowest BCUT2D eigenvalue weighted by molar-refractivity contribution is -0.119. The number of imidazole rings is 1. The normalized spacial score (nSPS) is 14.5. The van der Waals surface area contributed by atoms with Crippen LogP contribution in [0, 0.1) is 23.4 Å². The molecule has 0 fully saturated rings. The van der Waals surface area contributed by atoms with E-state index in [0.717, 1.165) is 16.5 Å². The highest BCUT2D eigenvalue weighted by molar-refractivity contribution is 6.06. The minimum Gasteiger partial charge on any atom is -0.383 e. The van der Waals surface area contributed by atoms with Gasteiger partial charge in [-0.1, -0.05) is 6.07 Å². The van der Waals surface area contributed by atoms with Gasteiger partial charge in [-0.25, -0.2) is 28.1 Å². The molecule has 4 heterocycles. The molecule has 1 aliphatic heterocycles. The van der Waals surface area contributed by atoms with Crippen LogP contribution >= 0.6 is 0 Å². The predicted molar refractivity (Wildman–Crippen MR) is 111 cm³/mol. The molecule has 0 atom stereocenters. The Bertz CT molecular complexity index is 1480. The van der Waals surface area contributed by atoms with Gasteiger partial charge < -0.3 is 11.1 Å². The number of fused-ring (bicyclic) bond motifs is 2. The summed E-state index contributed by atoms with van der Waals surface area (Å²) >= 11 is 0. The van der Waals surface area contributed by atoms with E-state index < -0.39 is 40.8 Å². The van der Waals surface area contributed by atoms with Gasteiger partial charge >= 0.3 is 0 Å². The van der Waals surface area contributed by atoms with Gasteiger partial charge in [-0.05, 0) is 38.1 Å². The van der Waals surface area contributed by atoms with Crippen LogP contribution < -0.4 is 11.1 Å². The fourth-order valence-electron chi connectivity index (χ4n) is 4.01. The molecule has 11 heteroatoms. The topological polar surface area (TPSA) is 98.2 Å². The standard InChI is InChI=1S/C22H16F4N6O/c1-22(2)15-18(27)29-20(30-19(15)31-21(22)33)17-12-4-3-5-13(25)32(12)14(28-17)8-9-10(23)6-7-11(24)16(9)26/h3-7H,8H2,1-2H3,(H3,27,29,30,31,33). The minimum atomic E-state index is -1.38. The average molecular weight is 456 g/mol. The molecule has 3 N–H and O–H groups in total. The maximum Gasteiger partial charge on any atom is 0.235 e. The van der Waals surface area contributed by atoms with Gasteiger partial charge in [-0.15, -0.1) is 0 Å². The summed E-state index contributed by atoms with van der Waals surface area (Å²) in [6.45, 7) is 3.35. The summed E-state index contributed by atoms with van der Waals surface area (Å²) < 4.78 is 58.0. The molecule has 0 unspecified atom stereocenters. The zero-order valence-electron chi connectivity index (χ0n) is 17.4. The molecule has 0 saturated carbocycles. The molecule has 1 aromatic carbocycles. The lowest BCUT2D eigenvalue weighted by Crippen LogP contribution is -2.27. The summed E-state index contributed by atoms with van der Waals surface area (Å²) in [5.41, 5.74) is 5.28. The molecule has 0 bridgehead atoms. The number of pyridine rings is 1. The van der Waals surface area contributed by atoms with E-state index in [1.165, 1.54) is 12.1 Å². The molecule has 0 saturated heterocycles. The maximum atomic E-state index is 14.7. The molecular weight excluding hydrogens is 440 g/mol. The van der Waals surface area contributed by atoms with Gasteiger partial charge in [0, 0.05) is 12.0 Å². The number of nitrogen functional groups attached to an aromatic ring is 1. The molecule has 7 nitrogen and oxygen atoms in total. The molecule has 4 aromatic rings. The number of nitrogens with one attached hydrogen (secondary N) is 1. The smallest absolute Gasteiger partial charge is 0.235 e. The van der Waals surface area contributed by atoms with Crippen LogP contribution in [0.4, 0.5) is 29.2 Å². The van der Waals surface area contributed by atoms with E-state index in [1.807, 2.05) is 0 Å². The van der Waals surface area contributed by atoms with E-state index in [-0.39, 0.29) is 40.4 Å². The Labute approximate surface area is 184 Å². The zero-order valence-corrected chi connectivity index (χ0v) is 17.4. The number of nitrogens with zero attached hydrogens (tertiary/aromatic N) is 4. The number of carbonyl (C=O) groups is 1. The number of hydrogen-bond acceptors (Lipinski definition) is 5. The SMILES string of the molecule is CC1(C)C(=O)Nc2nc(-c3nc(Cc4c(F)ccc(F)c4F)n4c(F)cccc34)nc(N)c21. The monoisotopic (exact) mass is 456 g/mol. The van der Waals surface area contributed by atoms with Crippen molar-refractivity contribution < 1.29 is 22.4 Å². The Morgan fingerprint density at radius 2 is 1.76 bits per heavy atom. The second kappa shape index (κ2) is 6.99. The van der Waals surface area contributed by atoms with E-state index in [1.54, 1.807) is 13.8 Å².